The van der Waals surface area contributed by atoms with Gasteiger partial charge >= 0.3 is 30.5 Å². The van der Waals surface area contributed by atoms with Crippen LogP contribution >= 0.6 is 0 Å². The molecule has 15 heteroatoms. The fraction of sp³-hybridized carbons (Fsp3) is 0.355. The van der Waals surface area contributed by atoms with Gasteiger partial charge in [-0.05, 0) is 71.3 Å². The molecule has 0 aliphatic heterocycles. The van der Waals surface area contributed by atoms with Gasteiger partial charge in [0, 0.05) is 5.69 Å². The third-order valence-corrected chi connectivity index (χ3v) is 6.58. The van der Waals surface area contributed by atoms with Crippen molar-refractivity contribution in [3.05, 3.63) is 82.4 Å². The molecule has 0 aliphatic carbocycles. The van der Waals surface area contributed by atoms with E-state index in [1.54, 1.807) is 11.4 Å². The SMILES string of the molecule is CC(C)(C)CC(C)(C)c1ccc(Oc2ccc(C(F)(F)F)cc2NC(=O)Nc2cc(C(F)(F)F)cc(C(F)(F)F)c2)c(C(=O)O)c1. The molecule has 250 valence electrons. The lowest BCUT2D eigenvalue weighted by Crippen LogP contribution is -2.25. The van der Waals surface area contributed by atoms with E-state index in [1.165, 1.54) is 12.1 Å². The second kappa shape index (κ2) is 12.4. The minimum atomic E-state index is -5.23. The molecule has 46 heavy (non-hydrogen) atoms. The lowest BCUT2D eigenvalue weighted by Gasteiger charge is -2.33. The Morgan fingerprint density at radius 1 is 0.652 bits per heavy atom. The first kappa shape index (κ1) is 36.0. The van der Waals surface area contributed by atoms with Crippen molar-refractivity contribution in [3.63, 3.8) is 0 Å². The van der Waals surface area contributed by atoms with E-state index in [4.69, 9.17) is 4.74 Å². The predicted molar refractivity (Wildman–Crippen MR) is 151 cm³/mol. The highest BCUT2D eigenvalue weighted by atomic mass is 19.4. The van der Waals surface area contributed by atoms with Gasteiger partial charge in [-0.15, -0.1) is 0 Å². The van der Waals surface area contributed by atoms with E-state index in [-0.39, 0.29) is 34.9 Å². The smallest absolute Gasteiger partial charge is 0.416 e. The lowest BCUT2D eigenvalue weighted by molar-refractivity contribution is -0.143. The van der Waals surface area contributed by atoms with Crippen molar-refractivity contribution < 1.29 is 58.9 Å². The summed E-state index contributed by atoms with van der Waals surface area (Å²) in [5.41, 5.74) is -6.84. The van der Waals surface area contributed by atoms with Crippen molar-refractivity contribution in [2.24, 2.45) is 5.41 Å². The number of amides is 2. The van der Waals surface area contributed by atoms with Gasteiger partial charge in [-0.2, -0.15) is 39.5 Å². The van der Waals surface area contributed by atoms with Crippen LogP contribution in [0, 0.1) is 5.41 Å². The molecule has 0 saturated heterocycles. The summed E-state index contributed by atoms with van der Waals surface area (Å²) in [6.45, 7) is 9.81. The lowest BCUT2D eigenvalue weighted by atomic mass is 9.72. The summed E-state index contributed by atoms with van der Waals surface area (Å²) in [5, 5.41) is 13.6. The molecule has 0 radical (unpaired) electrons. The Bertz CT molecular complexity index is 1590. The molecule has 3 aromatic rings. The van der Waals surface area contributed by atoms with Crippen molar-refractivity contribution >= 4 is 23.4 Å². The second-order valence-corrected chi connectivity index (χ2v) is 12.3. The monoisotopic (exact) mass is 664 g/mol. The minimum absolute atomic E-state index is 0.133. The summed E-state index contributed by atoms with van der Waals surface area (Å²) in [5.74, 6) is -2.27. The molecule has 0 aromatic heterocycles. The number of carboxylic acid groups (broad SMARTS) is 1. The standard InChI is InChI=1S/C31H29F9N2O4/c1-27(2,3)15-28(4,5)16-6-8-23(21(13-16)25(43)44)46-24-9-7-17(29(32,33)34)14-22(24)42-26(45)41-20-11-18(30(35,36)37)10-19(12-20)31(38,39)40/h6-14H,15H2,1-5H3,(H,43,44)(H2,41,42,45). The van der Waals surface area contributed by atoms with Crippen LogP contribution in [0.25, 0.3) is 0 Å². The summed E-state index contributed by atoms with van der Waals surface area (Å²) >= 11 is 0. The molecule has 0 spiro atoms. The molecule has 0 heterocycles. The number of hydrogen-bond donors (Lipinski definition) is 3. The van der Waals surface area contributed by atoms with E-state index in [0.717, 1.165) is 6.07 Å². The fourth-order valence-corrected chi connectivity index (χ4v) is 4.96. The van der Waals surface area contributed by atoms with Crippen molar-refractivity contribution in [2.75, 3.05) is 10.6 Å². The van der Waals surface area contributed by atoms with Crippen LogP contribution in [0.4, 0.5) is 55.7 Å². The highest BCUT2D eigenvalue weighted by molar-refractivity contribution is 6.01. The molecule has 6 nitrogen and oxygen atoms in total. The van der Waals surface area contributed by atoms with Crippen molar-refractivity contribution in [1.29, 1.82) is 0 Å². The maximum Gasteiger partial charge on any atom is 0.416 e. The number of ether oxygens (including phenoxy) is 1. The second-order valence-electron chi connectivity index (χ2n) is 12.3. The number of benzene rings is 3. The van der Waals surface area contributed by atoms with E-state index in [9.17, 15) is 54.2 Å². The van der Waals surface area contributed by atoms with Crippen LogP contribution in [0.15, 0.2) is 54.6 Å². The zero-order valence-electron chi connectivity index (χ0n) is 25.0. The quantitative estimate of drug-likeness (QED) is 0.219. The van der Waals surface area contributed by atoms with Crippen LogP contribution in [0.2, 0.25) is 0 Å². The molecule has 0 aliphatic rings. The Hall–Kier alpha value is -4.43. The number of carboxylic acids is 1. The van der Waals surface area contributed by atoms with Crippen LogP contribution in [0.1, 0.15) is 73.7 Å². The zero-order chi connectivity index (χ0) is 35.0. The summed E-state index contributed by atoms with van der Waals surface area (Å²) in [6, 6.07) is 4.68. The van der Waals surface area contributed by atoms with Crippen LogP contribution in [-0.4, -0.2) is 17.1 Å². The highest BCUT2D eigenvalue weighted by Gasteiger charge is 2.37. The third kappa shape index (κ3) is 9.30. The first-order chi connectivity index (χ1) is 20.8. The normalized spacial score (nSPS) is 12.9. The van der Waals surface area contributed by atoms with Crippen LogP contribution in [0.5, 0.6) is 11.5 Å². The molecule has 0 atom stereocenters. The van der Waals surface area contributed by atoms with Crippen LogP contribution in [-0.2, 0) is 23.9 Å². The van der Waals surface area contributed by atoms with Gasteiger partial charge in [0.2, 0.25) is 0 Å². The number of carbonyl (C=O) groups excluding carboxylic acids is 1. The summed E-state index contributed by atoms with van der Waals surface area (Å²) in [6.07, 6.45) is -14.7. The van der Waals surface area contributed by atoms with Crippen molar-refractivity contribution in [1.82, 2.24) is 0 Å². The van der Waals surface area contributed by atoms with Gasteiger partial charge in [-0.3, -0.25) is 0 Å². The molecule has 0 fully saturated rings. The van der Waals surface area contributed by atoms with Crippen LogP contribution < -0.4 is 15.4 Å². The van der Waals surface area contributed by atoms with Crippen molar-refractivity contribution in [3.8, 4) is 11.5 Å². The maximum atomic E-state index is 13.5. The number of anilines is 2. The molecule has 0 unspecified atom stereocenters. The fourth-order valence-electron chi connectivity index (χ4n) is 4.96. The van der Waals surface area contributed by atoms with E-state index in [1.807, 2.05) is 39.9 Å². The molecular weight excluding hydrogens is 635 g/mol. The van der Waals surface area contributed by atoms with Gasteiger partial charge in [-0.1, -0.05) is 40.7 Å². The molecule has 2 amide bonds. The minimum Gasteiger partial charge on any atom is -0.478 e. The van der Waals surface area contributed by atoms with Gasteiger partial charge in [0.1, 0.15) is 11.3 Å². The van der Waals surface area contributed by atoms with E-state index < -0.39 is 69.8 Å². The van der Waals surface area contributed by atoms with E-state index >= 15 is 0 Å². The Kier molecular flexibility index (Phi) is 9.72. The number of urea groups is 1. The highest BCUT2D eigenvalue weighted by Crippen LogP contribution is 2.41. The molecule has 3 aromatic carbocycles. The predicted octanol–water partition coefficient (Wildman–Crippen LogP) is 10.6. The molecule has 0 saturated carbocycles. The molecule has 0 bridgehead atoms. The number of alkyl halides is 9. The van der Waals surface area contributed by atoms with Gasteiger partial charge in [0.15, 0.2) is 5.75 Å². The number of aromatic carboxylic acids is 1. The zero-order valence-corrected chi connectivity index (χ0v) is 25.0. The number of rotatable bonds is 7. The van der Waals surface area contributed by atoms with Crippen molar-refractivity contribution in [2.45, 2.75) is 65.0 Å². The Labute approximate surface area is 257 Å². The molecule has 3 rings (SSSR count). The number of carbonyl (C=O) groups is 2. The van der Waals surface area contributed by atoms with Gasteiger partial charge < -0.3 is 20.5 Å². The van der Waals surface area contributed by atoms with Crippen LogP contribution in [0.3, 0.4) is 0 Å². The number of hydrogen-bond acceptors (Lipinski definition) is 3. The first-order valence-corrected chi connectivity index (χ1v) is 13.4. The summed E-state index contributed by atoms with van der Waals surface area (Å²) in [4.78, 5) is 24.9. The number of nitrogens with one attached hydrogen (secondary N) is 2. The van der Waals surface area contributed by atoms with Gasteiger partial charge in [0.25, 0.3) is 0 Å². The molecule has 3 N–H and O–H groups in total. The Morgan fingerprint density at radius 2 is 1.15 bits per heavy atom. The molecular formula is C31H29F9N2O4. The van der Waals surface area contributed by atoms with Gasteiger partial charge in [0.05, 0.1) is 22.4 Å². The van der Waals surface area contributed by atoms with E-state index in [2.05, 4.69) is 0 Å². The summed E-state index contributed by atoms with van der Waals surface area (Å²) < 4.78 is 126. The maximum absolute atomic E-state index is 13.5. The third-order valence-electron chi connectivity index (χ3n) is 6.58. The summed E-state index contributed by atoms with van der Waals surface area (Å²) in [7, 11) is 0. The average molecular weight is 665 g/mol. The Morgan fingerprint density at radius 3 is 1.63 bits per heavy atom. The number of halogens is 9. The topological polar surface area (TPSA) is 87.7 Å². The Balaban J connectivity index is 2.02. The first-order valence-electron chi connectivity index (χ1n) is 13.4. The largest absolute Gasteiger partial charge is 0.478 e. The van der Waals surface area contributed by atoms with E-state index in [0.29, 0.717) is 24.1 Å². The average Bonchev–Trinajstić information content (AvgIpc) is 2.86. The van der Waals surface area contributed by atoms with Gasteiger partial charge in [-0.25, -0.2) is 9.59 Å².